The van der Waals surface area contributed by atoms with Gasteiger partial charge in [-0.25, -0.2) is 0 Å². The summed E-state index contributed by atoms with van der Waals surface area (Å²) < 4.78 is 33.2. The average molecular weight is 318 g/mol. The molecule has 0 saturated heterocycles. The molecule has 66 valence electrons. The van der Waals surface area contributed by atoms with Gasteiger partial charge in [0.1, 0.15) is 0 Å². The van der Waals surface area contributed by atoms with Crippen LogP contribution in [-0.2, 0) is 10.2 Å². The highest BCUT2D eigenvalue weighted by Gasteiger charge is 2.11. The fraction of sp³-hybridized carbons (Fsp3) is 0. The number of benzene rings is 1. The summed E-state index contributed by atoms with van der Waals surface area (Å²) >= 11 is 2.00. The van der Waals surface area contributed by atoms with Gasteiger partial charge in [0, 0.05) is 26.1 Å². The zero-order chi connectivity index (χ0) is 9.19. The molecule has 12 heavy (non-hydrogen) atoms. The highest BCUT2D eigenvalue weighted by Crippen LogP contribution is 2.27. The lowest BCUT2D eigenvalue weighted by Gasteiger charge is -1.96. The second kappa shape index (κ2) is 3.93. The molecule has 1 aromatic rings. The van der Waals surface area contributed by atoms with Crippen molar-refractivity contribution in [3.63, 3.8) is 0 Å². The van der Waals surface area contributed by atoms with Gasteiger partial charge in [0.05, 0.1) is 4.90 Å². The molecule has 2 nitrogen and oxygen atoms in total. The molecule has 0 amide bonds. The van der Waals surface area contributed by atoms with Crippen LogP contribution in [-0.4, -0.2) is 8.42 Å². The Balaban J connectivity index is 3.20. The molecule has 0 N–H and O–H groups in total. The minimum Gasteiger partial charge on any atom is -0.189 e. The van der Waals surface area contributed by atoms with E-state index in [1.807, 2.05) is 21.2 Å². The molecule has 0 aliphatic carbocycles. The maximum atomic E-state index is 12.4. The van der Waals surface area contributed by atoms with Gasteiger partial charge < -0.3 is 0 Å². The zero-order valence-electron chi connectivity index (χ0n) is 5.70. The first-order chi connectivity index (χ1) is 5.54. The molecule has 1 aromatic carbocycles. The zero-order valence-corrected chi connectivity index (χ0v) is 9.49. The third-order valence-corrected chi connectivity index (χ3v) is 3.95. The Morgan fingerprint density at radius 3 is 2.58 bits per heavy atom. The Morgan fingerprint density at radius 2 is 2.08 bits per heavy atom. The molecule has 0 saturated carbocycles. The lowest BCUT2D eigenvalue weighted by atomic mass is 10.4. The molecule has 6 heteroatoms. The molecular weight excluding hydrogens is 314 g/mol. The standard InChI is InChI=1S/C6H4FIO2S2/c7-12(9,10)6-3-1-2-5(4-6)11-8/h1-4H. The maximum absolute atomic E-state index is 12.4. The summed E-state index contributed by atoms with van der Waals surface area (Å²) in [4.78, 5) is 0.429. The highest BCUT2D eigenvalue weighted by atomic mass is 127. The fourth-order valence-electron chi connectivity index (χ4n) is 0.674. The van der Waals surface area contributed by atoms with Gasteiger partial charge in [0.2, 0.25) is 0 Å². The van der Waals surface area contributed by atoms with Crippen molar-refractivity contribution in [2.24, 2.45) is 0 Å². The molecule has 0 aromatic heterocycles. The molecule has 0 fully saturated rings. The van der Waals surface area contributed by atoms with E-state index in [-0.39, 0.29) is 4.90 Å². The molecule has 0 unspecified atom stereocenters. The van der Waals surface area contributed by atoms with Crippen LogP contribution in [0, 0.1) is 0 Å². The Labute approximate surface area is 86.3 Å². The van der Waals surface area contributed by atoms with Gasteiger partial charge in [-0.15, -0.1) is 3.89 Å². The van der Waals surface area contributed by atoms with E-state index >= 15 is 0 Å². The van der Waals surface area contributed by atoms with Crippen LogP contribution in [0.1, 0.15) is 0 Å². The van der Waals surface area contributed by atoms with Gasteiger partial charge in [-0.3, -0.25) is 0 Å². The first-order valence-corrected chi connectivity index (χ1v) is 7.61. The number of halogens is 2. The highest BCUT2D eigenvalue weighted by molar-refractivity contribution is 14.2. The predicted molar refractivity (Wildman–Crippen MR) is 54.6 cm³/mol. The van der Waals surface area contributed by atoms with E-state index < -0.39 is 10.2 Å². The van der Waals surface area contributed by atoms with Crippen molar-refractivity contribution < 1.29 is 12.3 Å². The normalized spacial score (nSPS) is 11.5. The first-order valence-electron chi connectivity index (χ1n) is 2.87. The number of hydrogen-bond donors (Lipinski definition) is 0. The van der Waals surface area contributed by atoms with Crippen molar-refractivity contribution in [1.82, 2.24) is 0 Å². The quantitative estimate of drug-likeness (QED) is 0.621. The van der Waals surface area contributed by atoms with E-state index in [9.17, 15) is 12.3 Å². The summed E-state index contributed by atoms with van der Waals surface area (Å²) in [6, 6.07) is 5.75. The number of rotatable bonds is 2. The fourth-order valence-corrected chi connectivity index (χ4v) is 2.38. The van der Waals surface area contributed by atoms with E-state index in [0.29, 0.717) is 4.90 Å². The molecule has 0 bridgehead atoms. The third kappa shape index (κ3) is 2.60. The Bertz CT molecular complexity index is 377. The Kier molecular flexibility index (Phi) is 3.36. The topological polar surface area (TPSA) is 34.1 Å². The Morgan fingerprint density at radius 1 is 1.42 bits per heavy atom. The molecule has 0 aliphatic heterocycles. The van der Waals surface area contributed by atoms with E-state index in [1.54, 1.807) is 6.07 Å². The van der Waals surface area contributed by atoms with E-state index in [4.69, 9.17) is 0 Å². The van der Waals surface area contributed by atoms with Gasteiger partial charge in [0.15, 0.2) is 0 Å². The van der Waals surface area contributed by atoms with E-state index in [0.717, 1.165) is 0 Å². The summed E-state index contributed by atoms with van der Waals surface area (Å²) in [5.41, 5.74) is 0. The summed E-state index contributed by atoms with van der Waals surface area (Å²) in [6.45, 7) is 0. The van der Waals surface area contributed by atoms with Crippen molar-refractivity contribution in [1.29, 1.82) is 0 Å². The van der Waals surface area contributed by atoms with Crippen molar-refractivity contribution in [2.45, 2.75) is 9.79 Å². The van der Waals surface area contributed by atoms with Crippen LogP contribution in [0.5, 0.6) is 0 Å². The lowest BCUT2D eigenvalue weighted by Crippen LogP contribution is -1.90. The molecule has 0 atom stereocenters. The van der Waals surface area contributed by atoms with Crippen LogP contribution < -0.4 is 0 Å². The van der Waals surface area contributed by atoms with Crippen molar-refractivity contribution in [2.75, 3.05) is 0 Å². The molecular formula is C6H4FIO2S2. The summed E-state index contributed by atoms with van der Waals surface area (Å²) in [5.74, 6) is 0. The summed E-state index contributed by atoms with van der Waals surface area (Å²) in [5, 5.41) is 0. The minimum atomic E-state index is -4.55. The Hall–Kier alpha value is 0.180. The third-order valence-electron chi connectivity index (χ3n) is 1.18. The van der Waals surface area contributed by atoms with Gasteiger partial charge in [-0.05, 0) is 18.2 Å². The van der Waals surface area contributed by atoms with Crippen LogP contribution in [0.3, 0.4) is 0 Å². The van der Waals surface area contributed by atoms with Gasteiger partial charge in [0.25, 0.3) is 0 Å². The lowest BCUT2D eigenvalue weighted by molar-refractivity contribution is 0.552. The van der Waals surface area contributed by atoms with Crippen LogP contribution in [0.25, 0.3) is 0 Å². The maximum Gasteiger partial charge on any atom is 0.332 e. The molecule has 0 spiro atoms. The van der Waals surface area contributed by atoms with E-state index in [2.05, 4.69) is 0 Å². The minimum absolute atomic E-state index is 0.288. The van der Waals surface area contributed by atoms with Crippen LogP contribution >= 0.6 is 30.1 Å². The molecule has 0 aliphatic rings. The average Bonchev–Trinajstić information content (AvgIpc) is 2.03. The van der Waals surface area contributed by atoms with Gasteiger partial charge in [-0.1, -0.05) is 15.0 Å². The molecule has 1 rings (SSSR count). The summed E-state index contributed by atoms with van der Waals surface area (Å²) in [6.07, 6.45) is 0. The van der Waals surface area contributed by atoms with E-state index in [1.165, 1.54) is 27.1 Å². The molecule has 0 heterocycles. The van der Waals surface area contributed by atoms with Gasteiger partial charge in [-0.2, -0.15) is 8.42 Å². The second-order valence-corrected chi connectivity index (χ2v) is 5.28. The number of hydrogen-bond acceptors (Lipinski definition) is 3. The van der Waals surface area contributed by atoms with Crippen LogP contribution in [0.4, 0.5) is 3.89 Å². The van der Waals surface area contributed by atoms with Crippen LogP contribution in [0.2, 0.25) is 0 Å². The first kappa shape index (κ1) is 10.3. The van der Waals surface area contributed by atoms with Crippen LogP contribution in [0.15, 0.2) is 34.1 Å². The smallest absolute Gasteiger partial charge is 0.189 e. The van der Waals surface area contributed by atoms with Gasteiger partial charge >= 0.3 is 10.2 Å². The SMILES string of the molecule is O=S(=O)(F)c1cccc(SI)c1. The summed E-state index contributed by atoms with van der Waals surface area (Å²) in [7, 11) is -3.21. The largest absolute Gasteiger partial charge is 0.332 e. The molecule has 0 radical (unpaired) electrons. The second-order valence-electron chi connectivity index (χ2n) is 1.99. The monoisotopic (exact) mass is 318 g/mol. The predicted octanol–water partition coefficient (Wildman–Crippen LogP) is 2.79. The van der Waals surface area contributed by atoms with Crippen molar-refractivity contribution >= 4 is 40.4 Å². The van der Waals surface area contributed by atoms with Crippen molar-refractivity contribution in [3.8, 4) is 0 Å². The van der Waals surface area contributed by atoms with Crippen molar-refractivity contribution in [3.05, 3.63) is 24.3 Å².